The van der Waals surface area contributed by atoms with Crippen molar-refractivity contribution in [2.75, 3.05) is 0 Å². The van der Waals surface area contributed by atoms with Gasteiger partial charge in [0.1, 0.15) is 12.2 Å². The zero-order valence-electron chi connectivity index (χ0n) is 6.86. The van der Waals surface area contributed by atoms with E-state index < -0.39 is 17.8 Å². The van der Waals surface area contributed by atoms with E-state index in [1.165, 1.54) is 18.2 Å². The Bertz CT molecular complexity index is 358. The average molecular weight is 176 g/mol. The molecule has 1 N–H and O–H groups in total. The number of hydrogen-bond acceptors (Lipinski definition) is 3. The topological polar surface area (TPSA) is 49.8 Å². The van der Waals surface area contributed by atoms with Gasteiger partial charge < -0.3 is 9.84 Å². The average Bonchev–Trinajstić information content (AvgIpc) is 2.86. The number of fused-ring (bicyclic) bond motifs is 1. The molecule has 66 valence electrons. The van der Waals surface area contributed by atoms with Gasteiger partial charge in [-0.1, -0.05) is 18.4 Å². The summed E-state index contributed by atoms with van der Waals surface area (Å²) in [5, 5.41) is 9.34. The number of epoxide rings is 1. The monoisotopic (exact) mass is 176 g/mol. The van der Waals surface area contributed by atoms with E-state index in [1.54, 1.807) is 0 Å². The fourth-order valence-electron chi connectivity index (χ4n) is 1.41. The summed E-state index contributed by atoms with van der Waals surface area (Å²) >= 11 is 0. The zero-order valence-corrected chi connectivity index (χ0v) is 6.86. The van der Waals surface area contributed by atoms with Crippen LogP contribution in [-0.2, 0) is 9.53 Å². The summed E-state index contributed by atoms with van der Waals surface area (Å²) in [6, 6.07) is 0. The predicted molar refractivity (Wildman–Crippen MR) is 45.7 cm³/mol. The van der Waals surface area contributed by atoms with Crippen molar-refractivity contribution in [3.63, 3.8) is 0 Å². The molecule has 2 rings (SSSR count). The molecule has 1 aliphatic carbocycles. The van der Waals surface area contributed by atoms with Crippen LogP contribution in [0.15, 0.2) is 24.8 Å². The molecule has 1 heterocycles. The van der Waals surface area contributed by atoms with Gasteiger partial charge in [-0.25, -0.2) is 0 Å². The van der Waals surface area contributed by atoms with Gasteiger partial charge in [0.15, 0.2) is 0 Å². The lowest BCUT2D eigenvalue weighted by molar-refractivity contribution is -0.117. The lowest BCUT2D eigenvalue weighted by Crippen LogP contribution is -2.33. The molecule has 0 saturated carbocycles. The van der Waals surface area contributed by atoms with Crippen LogP contribution in [-0.4, -0.2) is 28.7 Å². The number of hydrogen-bond donors (Lipinski definition) is 1. The van der Waals surface area contributed by atoms with Crippen molar-refractivity contribution in [1.29, 1.82) is 0 Å². The number of aliphatic hydroxyl groups excluding tert-OH is 1. The minimum absolute atomic E-state index is 0.197. The van der Waals surface area contributed by atoms with Gasteiger partial charge in [-0.05, 0) is 18.2 Å². The van der Waals surface area contributed by atoms with Crippen molar-refractivity contribution in [3.05, 3.63) is 24.8 Å². The fourth-order valence-corrected chi connectivity index (χ4v) is 1.41. The van der Waals surface area contributed by atoms with Crippen molar-refractivity contribution < 1.29 is 14.6 Å². The van der Waals surface area contributed by atoms with Crippen LogP contribution in [0, 0.1) is 11.8 Å². The molecular weight excluding hydrogens is 168 g/mol. The Morgan fingerprint density at radius 2 is 2.54 bits per heavy atom. The first-order valence-corrected chi connectivity index (χ1v) is 3.93. The quantitative estimate of drug-likeness (QED) is 0.411. The minimum atomic E-state index is -1.08. The number of rotatable bonds is 0. The van der Waals surface area contributed by atoms with Gasteiger partial charge in [0, 0.05) is 0 Å². The molecule has 0 amide bonds. The molecule has 0 aromatic heterocycles. The third-order valence-corrected chi connectivity index (χ3v) is 2.14. The summed E-state index contributed by atoms with van der Waals surface area (Å²) in [6.07, 6.45) is 2.92. The molecule has 3 atom stereocenters. The Kier molecular flexibility index (Phi) is 1.62. The van der Waals surface area contributed by atoms with E-state index in [4.69, 9.17) is 4.74 Å². The van der Waals surface area contributed by atoms with Crippen molar-refractivity contribution in [1.82, 2.24) is 0 Å². The summed E-state index contributed by atoms with van der Waals surface area (Å²) in [5.74, 6) is 5.03. The highest BCUT2D eigenvalue weighted by atomic mass is 16.6. The molecule has 0 spiro atoms. The molecule has 3 heteroatoms. The van der Waals surface area contributed by atoms with Crippen LogP contribution in [0.2, 0.25) is 0 Å². The first-order chi connectivity index (χ1) is 6.20. The highest BCUT2D eigenvalue weighted by Gasteiger charge is 2.65. The van der Waals surface area contributed by atoms with Crippen molar-refractivity contribution in [2.24, 2.45) is 0 Å². The van der Waals surface area contributed by atoms with E-state index in [2.05, 4.69) is 18.4 Å². The van der Waals surface area contributed by atoms with Gasteiger partial charge in [-0.3, -0.25) is 4.79 Å². The third-order valence-electron chi connectivity index (χ3n) is 2.14. The van der Waals surface area contributed by atoms with Gasteiger partial charge >= 0.3 is 0 Å². The van der Waals surface area contributed by atoms with Gasteiger partial charge in [-0.2, -0.15) is 0 Å². The highest BCUT2D eigenvalue weighted by molar-refractivity contribution is 6.04. The third kappa shape index (κ3) is 1.04. The molecule has 2 aliphatic rings. The first kappa shape index (κ1) is 8.24. The molecular formula is C10H8O3. The zero-order chi connectivity index (χ0) is 9.47. The second-order valence-electron chi connectivity index (χ2n) is 2.96. The van der Waals surface area contributed by atoms with E-state index in [9.17, 15) is 9.90 Å². The molecule has 3 nitrogen and oxygen atoms in total. The van der Waals surface area contributed by atoms with E-state index in [0.717, 1.165) is 0 Å². The summed E-state index contributed by atoms with van der Waals surface area (Å²) in [6.45, 7) is 3.42. The molecule has 13 heavy (non-hydrogen) atoms. The first-order valence-electron chi connectivity index (χ1n) is 3.93. The highest BCUT2D eigenvalue weighted by Crippen LogP contribution is 2.42. The molecule has 1 aliphatic heterocycles. The molecule has 1 saturated heterocycles. The number of carbonyl (C=O) groups excluding carboxylic acids is 1. The number of carbonyl (C=O) groups is 1. The molecule has 0 aromatic rings. The van der Waals surface area contributed by atoms with Crippen molar-refractivity contribution in [3.8, 4) is 11.8 Å². The fraction of sp³-hybridized carbons (Fsp3) is 0.300. The Hall–Kier alpha value is -1.37. The van der Waals surface area contributed by atoms with Crippen molar-refractivity contribution in [2.45, 2.75) is 17.8 Å². The van der Waals surface area contributed by atoms with Gasteiger partial charge in [0.2, 0.25) is 11.4 Å². The number of aliphatic hydroxyl groups is 1. The minimum Gasteiger partial charge on any atom is -0.386 e. The van der Waals surface area contributed by atoms with Crippen LogP contribution in [0.1, 0.15) is 0 Å². The Balaban J connectivity index is 2.32. The summed E-state index contributed by atoms with van der Waals surface area (Å²) in [5.41, 5.74) is -1.08. The maximum Gasteiger partial charge on any atom is 0.221 e. The van der Waals surface area contributed by atoms with Crippen LogP contribution in [0.25, 0.3) is 0 Å². The van der Waals surface area contributed by atoms with Gasteiger partial charge in [0.05, 0.1) is 0 Å². The van der Waals surface area contributed by atoms with Gasteiger partial charge in [0.25, 0.3) is 0 Å². The van der Waals surface area contributed by atoms with Crippen LogP contribution in [0.5, 0.6) is 0 Å². The smallest absolute Gasteiger partial charge is 0.221 e. The molecule has 1 fully saturated rings. The van der Waals surface area contributed by atoms with Crippen LogP contribution in [0.3, 0.4) is 0 Å². The van der Waals surface area contributed by atoms with E-state index >= 15 is 0 Å². The van der Waals surface area contributed by atoms with Crippen molar-refractivity contribution >= 4 is 5.78 Å². The lowest BCUT2D eigenvalue weighted by Gasteiger charge is -2.08. The molecule has 0 aromatic carbocycles. The van der Waals surface area contributed by atoms with Crippen LogP contribution < -0.4 is 0 Å². The summed E-state index contributed by atoms with van der Waals surface area (Å²) < 4.78 is 5.11. The Morgan fingerprint density at radius 3 is 3.23 bits per heavy atom. The largest absolute Gasteiger partial charge is 0.386 e. The predicted octanol–water partition coefficient (Wildman–Crippen LogP) is -0.187. The molecule has 0 bridgehead atoms. The summed E-state index contributed by atoms with van der Waals surface area (Å²) in [4.78, 5) is 11.3. The number of ether oxygens (including phenoxy) is 1. The second-order valence-corrected chi connectivity index (χ2v) is 2.96. The van der Waals surface area contributed by atoms with E-state index in [-0.39, 0.29) is 5.78 Å². The second kappa shape index (κ2) is 2.56. The standard InChI is InChI=1S/C10H8O3/c1-2-3-6-10-8(12)5-4-7(11)9(10)13-10/h2,4-5,7,9,11H,1H2/t7-,9-,10+/m0/s1. The normalized spacial score (nSPS) is 40.2. The van der Waals surface area contributed by atoms with Crippen LogP contribution in [0.4, 0.5) is 0 Å². The van der Waals surface area contributed by atoms with E-state index in [0.29, 0.717) is 0 Å². The van der Waals surface area contributed by atoms with E-state index in [1.807, 2.05) is 0 Å². The summed E-state index contributed by atoms with van der Waals surface area (Å²) in [7, 11) is 0. The molecule has 0 radical (unpaired) electrons. The maximum absolute atomic E-state index is 11.3. The SMILES string of the molecule is C=CC#C[C@]12O[C@H]1[C@@H](O)C=CC2=O. The van der Waals surface area contributed by atoms with Gasteiger partial charge in [-0.15, -0.1) is 0 Å². The number of allylic oxidation sites excluding steroid dienone is 1. The lowest BCUT2D eigenvalue weighted by atomic mass is 9.92. The Morgan fingerprint density at radius 1 is 1.77 bits per heavy atom. The maximum atomic E-state index is 11.3. The number of ketones is 1. The molecule has 0 unspecified atom stereocenters. The Labute approximate surface area is 75.7 Å². The van der Waals surface area contributed by atoms with Crippen LogP contribution >= 0.6 is 0 Å².